The highest BCUT2D eigenvalue weighted by Gasteiger charge is 2.30. The molecule has 6 nitrogen and oxygen atoms in total. The Bertz CT molecular complexity index is 608. The highest BCUT2D eigenvalue weighted by atomic mass is 127. The normalized spacial score (nSPS) is 20.9. The summed E-state index contributed by atoms with van der Waals surface area (Å²) in [5.74, 6) is 1.03. The van der Waals surface area contributed by atoms with Crippen molar-refractivity contribution in [2.45, 2.75) is 39.5 Å². The van der Waals surface area contributed by atoms with Crippen molar-refractivity contribution in [3.8, 4) is 0 Å². The van der Waals surface area contributed by atoms with Crippen LogP contribution in [0.2, 0.25) is 0 Å². The molecule has 7 heteroatoms. The molecule has 0 bridgehead atoms. The molecule has 1 atom stereocenters. The maximum Gasteiger partial charge on any atom is 0.194 e. The summed E-state index contributed by atoms with van der Waals surface area (Å²) in [5.41, 5.74) is 2.47. The summed E-state index contributed by atoms with van der Waals surface area (Å²) in [6, 6.07) is 9.06. The van der Waals surface area contributed by atoms with E-state index in [1.165, 1.54) is 17.5 Å². The van der Waals surface area contributed by atoms with Crippen molar-refractivity contribution < 1.29 is 9.47 Å². The van der Waals surface area contributed by atoms with Gasteiger partial charge < -0.3 is 19.7 Å². The van der Waals surface area contributed by atoms with Crippen molar-refractivity contribution in [3.05, 3.63) is 35.4 Å². The third-order valence-corrected chi connectivity index (χ3v) is 5.34. The van der Waals surface area contributed by atoms with E-state index in [2.05, 4.69) is 46.3 Å². The van der Waals surface area contributed by atoms with Gasteiger partial charge in [0, 0.05) is 45.4 Å². The molecule has 2 fully saturated rings. The molecule has 158 valence electrons. The van der Waals surface area contributed by atoms with E-state index >= 15 is 0 Å². The van der Waals surface area contributed by atoms with E-state index in [0.29, 0.717) is 19.2 Å². The monoisotopic (exact) mass is 502 g/mol. The van der Waals surface area contributed by atoms with E-state index in [1.54, 1.807) is 0 Å². The van der Waals surface area contributed by atoms with E-state index in [0.717, 1.165) is 58.5 Å². The number of morpholine rings is 1. The molecule has 3 rings (SSSR count). The number of nitrogens with one attached hydrogen (secondary N) is 1. The summed E-state index contributed by atoms with van der Waals surface area (Å²) >= 11 is 0. The predicted molar refractivity (Wildman–Crippen MR) is 124 cm³/mol. The quantitative estimate of drug-likeness (QED) is 0.353. The minimum Gasteiger partial charge on any atom is -0.379 e. The fourth-order valence-corrected chi connectivity index (χ4v) is 3.83. The summed E-state index contributed by atoms with van der Waals surface area (Å²) in [6.45, 7) is 13.1. The molecule has 2 aliphatic rings. The Balaban J connectivity index is 0.00000280. The number of halogens is 1. The lowest BCUT2D eigenvalue weighted by Crippen LogP contribution is -2.46. The molecule has 0 aliphatic carbocycles. The Kier molecular flexibility index (Phi) is 10.5. The highest BCUT2D eigenvalue weighted by Crippen LogP contribution is 2.18. The van der Waals surface area contributed by atoms with Crippen LogP contribution in [-0.4, -0.2) is 74.3 Å². The second-order valence-corrected chi connectivity index (χ2v) is 7.11. The van der Waals surface area contributed by atoms with Crippen LogP contribution in [0.1, 0.15) is 31.4 Å². The van der Waals surface area contributed by atoms with Crippen LogP contribution in [0.5, 0.6) is 0 Å². The zero-order valence-corrected chi connectivity index (χ0v) is 19.6. The number of ether oxygens (including phenoxy) is 2. The molecule has 0 radical (unpaired) electrons. The fraction of sp³-hybridized carbons (Fsp3) is 0.667. The smallest absolute Gasteiger partial charge is 0.194 e. The SMILES string of the molecule is CCNC(=NCc1ccccc1COCC)N1CCC(N2CCOCC2)C1.I. The van der Waals surface area contributed by atoms with Gasteiger partial charge in [0.15, 0.2) is 5.96 Å². The van der Waals surface area contributed by atoms with Gasteiger partial charge in [0.25, 0.3) is 0 Å². The molecule has 1 aromatic rings. The van der Waals surface area contributed by atoms with Crippen LogP contribution < -0.4 is 5.32 Å². The molecule has 0 spiro atoms. The number of likely N-dealkylation sites (tertiary alicyclic amines) is 1. The van der Waals surface area contributed by atoms with E-state index in [4.69, 9.17) is 14.5 Å². The molecular formula is C21H35IN4O2. The van der Waals surface area contributed by atoms with Crippen molar-refractivity contribution in [1.29, 1.82) is 0 Å². The standard InChI is InChI=1S/C21H34N4O2.HI/c1-3-22-21(23-15-18-7-5-6-8-19(18)17-26-4-2)25-10-9-20(16-25)24-11-13-27-14-12-24;/h5-8,20H,3-4,9-17H2,1-2H3,(H,22,23);1H. The molecule has 1 N–H and O–H groups in total. The second kappa shape index (κ2) is 12.6. The van der Waals surface area contributed by atoms with E-state index in [-0.39, 0.29) is 24.0 Å². The van der Waals surface area contributed by atoms with E-state index < -0.39 is 0 Å². The van der Waals surface area contributed by atoms with Crippen LogP contribution in [-0.2, 0) is 22.6 Å². The summed E-state index contributed by atoms with van der Waals surface area (Å²) in [6.07, 6.45) is 1.20. The molecule has 0 amide bonds. The minimum atomic E-state index is 0. The van der Waals surface area contributed by atoms with Gasteiger partial charge in [-0.15, -0.1) is 24.0 Å². The van der Waals surface area contributed by atoms with Crippen LogP contribution in [0.15, 0.2) is 29.3 Å². The first-order valence-corrected chi connectivity index (χ1v) is 10.3. The van der Waals surface area contributed by atoms with Gasteiger partial charge in [0.1, 0.15) is 0 Å². The Morgan fingerprint density at radius 1 is 1.18 bits per heavy atom. The molecule has 1 aromatic carbocycles. The van der Waals surface area contributed by atoms with Gasteiger partial charge in [-0.25, -0.2) is 4.99 Å². The fourth-order valence-electron chi connectivity index (χ4n) is 3.83. The van der Waals surface area contributed by atoms with Crippen LogP contribution in [0, 0.1) is 0 Å². The van der Waals surface area contributed by atoms with Gasteiger partial charge in [-0.05, 0) is 31.4 Å². The van der Waals surface area contributed by atoms with Crippen molar-refractivity contribution in [2.75, 3.05) is 52.5 Å². The van der Waals surface area contributed by atoms with Gasteiger partial charge in [-0.3, -0.25) is 4.90 Å². The number of benzene rings is 1. The summed E-state index contributed by atoms with van der Waals surface area (Å²) < 4.78 is 11.1. The van der Waals surface area contributed by atoms with E-state index in [1.807, 2.05) is 6.92 Å². The van der Waals surface area contributed by atoms with Crippen LogP contribution >= 0.6 is 24.0 Å². The molecule has 2 saturated heterocycles. The average molecular weight is 502 g/mol. The molecule has 2 aliphatic heterocycles. The third-order valence-electron chi connectivity index (χ3n) is 5.34. The summed E-state index contributed by atoms with van der Waals surface area (Å²) in [4.78, 5) is 9.93. The van der Waals surface area contributed by atoms with Gasteiger partial charge >= 0.3 is 0 Å². The second-order valence-electron chi connectivity index (χ2n) is 7.11. The first kappa shape index (κ1) is 23.4. The summed E-state index contributed by atoms with van der Waals surface area (Å²) in [7, 11) is 0. The first-order chi connectivity index (χ1) is 13.3. The van der Waals surface area contributed by atoms with Crippen molar-refractivity contribution >= 4 is 29.9 Å². The Hall–Kier alpha value is -0.900. The number of guanidine groups is 1. The van der Waals surface area contributed by atoms with Crippen LogP contribution in [0.4, 0.5) is 0 Å². The topological polar surface area (TPSA) is 49.3 Å². The third kappa shape index (κ3) is 6.57. The minimum absolute atomic E-state index is 0. The van der Waals surface area contributed by atoms with Crippen molar-refractivity contribution in [2.24, 2.45) is 4.99 Å². The van der Waals surface area contributed by atoms with Gasteiger partial charge in [-0.1, -0.05) is 24.3 Å². The molecule has 28 heavy (non-hydrogen) atoms. The molecule has 1 unspecified atom stereocenters. The zero-order chi connectivity index (χ0) is 18.9. The Morgan fingerprint density at radius 3 is 2.64 bits per heavy atom. The summed E-state index contributed by atoms with van der Waals surface area (Å²) in [5, 5.41) is 3.48. The average Bonchev–Trinajstić information content (AvgIpc) is 3.21. The van der Waals surface area contributed by atoms with Crippen molar-refractivity contribution in [3.63, 3.8) is 0 Å². The number of hydrogen-bond donors (Lipinski definition) is 1. The largest absolute Gasteiger partial charge is 0.379 e. The highest BCUT2D eigenvalue weighted by molar-refractivity contribution is 14.0. The predicted octanol–water partition coefficient (Wildman–Crippen LogP) is 2.71. The van der Waals surface area contributed by atoms with Crippen molar-refractivity contribution in [1.82, 2.24) is 15.1 Å². The van der Waals surface area contributed by atoms with Crippen LogP contribution in [0.25, 0.3) is 0 Å². The molecule has 2 heterocycles. The van der Waals surface area contributed by atoms with Gasteiger partial charge in [0.2, 0.25) is 0 Å². The number of rotatable bonds is 7. The first-order valence-electron chi connectivity index (χ1n) is 10.3. The lowest BCUT2D eigenvalue weighted by atomic mass is 10.1. The molecule has 0 aromatic heterocycles. The Labute approximate surface area is 186 Å². The number of nitrogens with zero attached hydrogens (tertiary/aromatic N) is 3. The molecular weight excluding hydrogens is 467 g/mol. The number of hydrogen-bond acceptors (Lipinski definition) is 4. The van der Waals surface area contributed by atoms with Gasteiger partial charge in [0.05, 0.1) is 26.4 Å². The zero-order valence-electron chi connectivity index (χ0n) is 17.2. The maximum atomic E-state index is 5.61. The lowest BCUT2D eigenvalue weighted by Gasteiger charge is -2.32. The van der Waals surface area contributed by atoms with Crippen LogP contribution in [0.3, 0.4) is 0 Å². The van der Waals surface area contributed by atoms with Gasteiger partial charge in [-0.2, -0.15) is 0 Å². The number of aliphatic imine (C=N–C) groups is 1. The van der Waals surface area contributed by atoms with E-state index in [9.17, 15) is 0 Å². The maximum absolute atomic E-state index is 5.61. The Morgan fingerprint density at radius 2 is 1.93 bits per heavy atom. The lowest BCUT2D eigenvalue weighted by molar-refractivity contribution is 0.0195. The molecule has 0 saturated carbocycles.